The highest BCUT2D eigenvalue weighted by Crippen LogP contribution is 2.21. The summed E-state index contributed by atoms with van der Waals surface area (Å²) in [5, 5.41) is 10.8. The van der Waals surface area contributed by atoms with Crippen LogP contribution >= 0.6 is 0 Å². The van der Waals surface area contributed by atoms with Gasteiger partial charge in [0.25, 0.3) is 6.47 Å². The lowest BCUT2D eigenvalue weighted by atomic mass is 10.0. The first-order valence-corrected chi connectivity index (χ1v) is 10.2. The molecule has 2 N–H and O–H groups in total. The van der Waals surface area contributed by atoms with Crippen molar-refractivity contribution in [1.82, 2.24) is 10.2 Å². The molecule has 0 aliphatic carbocycles. The van der Waals surface area contributed by atoms with Crippen LogP contribution in [0.1, 0.15) is 30.4 Å². The number of ether oxygens (including phenoxy) is 1. The fraction of sp³-hybridized carbons (Fsp3) is 0.500. The molecule has 0 radical (unpaired) electrons. The van der Waals surface area contributed by atoms with Crippen LogP contribution in [0.2, 0.25) is 0 Å². The molecule has 0 saturated carbocycles. The smallest absolute Gasteiger partial charge is 0.336 e. The fourth-order valence-electron chi connectivity index (χ4n) is 4.20. The van der Waals surface area contributed by atoms with Crippen LogP contribution in [0.25, 0.3) is 11.0 Å². The molecule has 3 heterocycles. The molecular formula is C22H28N2O6. The van der Waals surface area contributed by atoms with Crippen LogP contribution in [0.4, 0.5) is 0 Å². The maximum Gasteiger partial charge on any atom is 0.336 e. The number of nitrogens with one attached hydrogen (secondary N) is 1. The number of piperidine rings is 1. The maximum atomic E-state index is 12.7. The highest BCUT2D eigenvalue weighted by atomic mass is 16.5. The van der Waals surface area contributed by atoms with Gasteiger partial charge in [-0.15, -0.1) is 0 Å². The summed E-state index contributed by atoms with van der Waals surface area (Å²) < 4.78 is 10.9. The van der Waals surface area contributed by atoms with Gasteiger partial charge >= 0.3 is 5.63 Å². The number of nitrogens with zero attached hydrogens (tertiary/aromatic N) is 1. The molecule has 2 aliphatic rings. The second kappa shape index (κ2) is 10.4. The number of fused-ring (bicyclic) bond motifs is 1. The van der Waals surface area contributed by atoms with E-state index in [1.54, 1.807) is 0 Å². The van der Waals surface area contributed by atoms with Gasteiger partial charge in [0, 0.05) is 11.5 Å². The molecule has 0 spiro atoms. The number of carbonyl (C=O) groups excluding carboxylic acids is 1. The summed E-state index contributed by atoms with van der Waals surface area (Å²) in [5.74, 6) is -0.0833. The first-order chi connectivity index (χ1) is 14.5. The molecule has 1 aromatic heterocycles. The van der Waals surface area contributed by atoms with E-state index < -0.39 is 5.63 Å². The van der Waals surface area contributed by atoms with Crippen LogP contribution in [0.15, 0.2) is 33.5 Å². The minimum Gasteiger partial charge on any atom is -0.483 e. The minimum absolute atomic E-state index is 0.00392. The monoisotopic (exact) mass is 416 g/mol. The van der Waals surface area contributed by atoms with E-state index in [0.29, 0.717) is 24.4 Å². The average Bonchev–Trinajstić information content (AvgIpc) is 3.16. The Hall–Kier alpha value is -2.71. The Labute approximate surface area is 174 Å². The normalized spacial score (nSPS) is 21.6. The van der Waals surface area contributed by atoms with Gasteiger partial charge in [-0.05, 0) is 50.0 Å². The number of carbonyl (C=O) groups is 2. The van der Waals surface area contributed by atoms with Gasteiger partial charge in [0.1, 0.15) is 5.58 Å². The Balaban J connectivity index is 0.000000806. The Morgan fingerprint density at radius 1 is 1.23 bits per heavy atom. The standard InChI is InChI=1S/C21H26N2O4.CH2O2/c1-14-5-6-16-15(11-21(25)27-19(16)9-14)10-20(24)22-17-12-26-13-18(17)23-7-3-2-4-8-23;2-1-3/h5-6,9,11,17-18H,2-4,7-8,10,12-13H2,1H3,(H,22,24);1H,(H,2,3)/t17-,18-;/m0./s1. The van der Waals surface area contributed by atoms with Gasteiger partial charge in [-0.2, -0.15) is 0 Å². The third kappa shape index (κ3) is 5.46. The van der Waals surface area contributed by atoms with Crippen LogP contribution in [-0.2, 0) is 20.7 Å². The molecule has 4 rings (SSSR count). The number of hydrogen-bond acceptors (Lipinski definition) is 6. The van der Waals surface area contributed by atoms with Gasteiger partial charge in [0.05, 0.1) is 31.7 Å². The van der Waals surface area contributed by atoms with Gasteiger partial charge in [-0.3, -0.25) is 14.5 Å². The zero-order valence-corrected chi connectivity index (χ0v) is 17.1. The van der Waals surface area contributed by atoms with E-state index in [4.69, 9.17) is 19.1 Å². The maximum absolute atomic E-state index is 12.7. The van der Waals surface area contributed by atoms with Crippen molar-refractivity contribution in [2.45, 2.75) is 44.7 Å². The molecule has 30 heavy (non-hydrogen) atoms. The number of aryl methyl sites for hydroxylation is 1. The topological polar surface area (TPSA) is 109 Å². The summed E-state index contributed by atoms with van der Waals surface area (Å²) in [7, 11) is 0. The van der Waals surface area contributed by atoms with Crippen molar-refractivity contribution in [2.75, 3.05) is 26.3 Å². The number of likely N-dealkylation sites (tertiary alicyclic amines) is 1. The van der Waals surface area contributed by atoms with E-state index in [-0.39, 0.29) is 30.9 Å². The van der Waals surface area contributed by atoms with E-state index in [2.05, 4.69) is 10.2 Å². The van der Waals surface area contributed by atoms with Crippen LogP contribution in [0, 0.1) is 6.92 Å². The lowest BCUT2D eigenvalue weighted by Gasteiger charge is -2.34. The highest BCUT2D eigenvalue weighted by molar-refractivity contribution is 5.87. The summed E-state index contributed by atoms with van der Waals surface area (Å²) >= 11 is 0. The van der Waals surface area contributed by atoms with Crippen molar-refractivity contribution in [3.63, 3.8) is 0 Å². The second-order valence-electron chi connectivity index (χ2n) is 7.75. The lowest BCUT2D eigenvalue weighted by molar-refractivity contribution is -0.123. The summed E-state index contributed by atoms with van der Waals surface area (Å²) in [6.45, 7) is 5.06. The Kier molecular flexibility index (Phi) is 7.59. The van der Waals surface area contributed by atoms with E-state index in [0.717, 1.165) is 24.0 Å². The zero-order chi connectivity index (χ0) is 21.5. The lowest BCUT2D eigenvalue weighted by Crippen LogP contribution is -2.52. The molecule has 2 saturated heterocycles. The third-order valence-electron chi connectivity index (χ3n) is 5.59. The SMILES string of the molecule is Cc1ccc2c(CC(=O)N[C@H]3COC[C@@H]3N3CCCCC3)cc(=O)oc2c1.O=CO. The molecule has 2 fully saturated rings. The van der Waals surface area contributed by atoms with Gasteiger partial charge < -0.3 is 19.6 Å². The number of amides is 1. The number of benzene rings is 1. The van der Waals surface area contributed by atoms with Gasteiger partial charge in [-0.1, -0.05) is 18.6 Å². The van der Waals surface area contributed by atoms with Crippen molar-refractivity contribution < 1.29 is 23.8 Å². The van der Waals surface area contributed by atoms with E-state index >= 15 is 0 Å². The number of carboxylic acid groups (broad SMARTS) is 1. The summed E-state index contributed by atoms with van der Waals surface area (Å²) in [5.41, 5.74) is 1.82. The molecule has 0 unspecified atom stereocenters. The quantitative estimate of drug-likeness (QED) is 0.577. The summed E-state index contributed by atoms with van der Waals surface area (Å²) in [6.07, 6.45) is 3.86. The predicted molar refractivity (Wildman–Crippen MR) is 112 cm³/mol. The Bertz CT molecular complexity index is 935. The molecular weight excluding hydrogens is 388 g/mol. The first kappa shape index (κ1) is 22.0. The Morgan fingerprint density at radius 2 is 1.97 bits per heavy atom. The minimum atomic E-state index is -0.425. The van der Waals surface area contributed by atoms with Crippen LogP contribution in [0.3, 0.4) is 0 Å². The van der Waals surface area contributed by atoms with Crippen molar-refractivity contribution in [3.05, 3.63) is 45.8 Å². The number of hydrogen-bond donors (Lipinski definition) is 2. The molecule has 8 nitrogen and oxygen atoms in total. The fourth-order valence-corrected chi connectivity index (χ4v) is 4.20. The van der Waals surface area contributed by atoms with Crippen molar-refractivity contribution in [1.29, 1.82) is 0 Å². The van der Waals surface area contributed by atoms with Gasteiger partial charge in [-0.25, -0.2) is 4.79 Å². The average molecular weight is 416 g/mol. The van der Waals surface area contributed by atoms with E-state index in [1.165, 1.54) is 25.3 Å². The molecule has 2 atom stereocenters. The van der Waals surface area contributed by atoms with Gasteiger partial charge in [0.15, 0.2) is 0 Å². The molecule has 0 bridgehead atoms. The van der Waals surface area contributed by atoms with Crippen molar-refractivity contribution >= 4 is 23.3 Å². The largest absolute Gasteiger partial charge is 0.483 e. The third-order valence-corrected chi connectivity index (χ3v) is 5.59. The highest BCUT2D eigenvalue weighted by Gasteiger charge is 2.34. The van der Waals surface area contributed by atoms with Crippen molar-refractivity contribution in [2.24, 2.45) is 0 Å². The van der Waals surface area contributed by atoms with Crippen molar-refractivity contribution in [3.8, 4) is 0 Å². The molecule has 8 heteroatoms. The predicted octanol–water partition coefficient (Wildman–Crippen LogP) is 1.71. The van der Waals surface area contributed by atoms with Crippen LogP contribution in [-0.4, -0.2) is 60.8 Å². The second-order valence-corrected chi connectivity index (χ2v) is 7.75. The van der Waals surface area contributed by atoms with Crippen LogP contribution < -0.4 is 10.9 Å². The van der Waals surface area contributed by atoms with E-state index in [9.17, 15) is 9.59 Å². The molecule has 1 amide bonds. The summed E-state index contributed by atoms with van der Waals surface area (Å²) in [6, 6.07) is 7.37. The first-order valence-electron chi connectivity index (χ1n) is 10.2. The van der Waals surface area contributed by atoms with Crippen LogP contribution in [0.5, 0.6) is 0 Å². The zero-order valence-electron chi connectivity index (χ0n) is 17.1. The summed E-state index contributed by atoms with van der Waals surface area (Å²) in [4.78, 5) is 35.4. The molecule has 2 aromatic rings. The van der Waals surface area contributed by atoms with Gasteiger partial charge in [0.2, 0.25) is 5.91 Å². The molecule has 162 valence electrons. The number of rotatable bonds is 4. The molecule has 2 aliphatic heterocycles. The Morgan fingerprint density at radius 3 is 2.70 bits per heavy atom. The molecule has 1 aromatic carbocycles. The van der Waals surface area contributed by atoms with E-state index in [1.807, 2.05) is 25.1 Å².